The maximum absolute atomic E-state index is 10.6. The highest BCUT2D eigenvalue weighted by Gasteiger charge is 2.16. The molecule has 0 unspecified atom stereocenters. The Morgan fingerprint density at radius 1 is 1.57 bits per heavy atom. The number of nitro groups is 1. The molecule has 0 radical (unpaired) electrons. The van der Waals surface area contributed by atoms with Crippen LogP contribution >= 0.6 is 11.6 Å². The van der Waals surface area contributed by atoms with E-state index in [2.05, 4.69) is 10.3 Å². The van der Waals surface area contributed by atoms with E-state index in [1.54, 1.807) is 12.3 Å². The van der Waals surface area contributed by atoms with E-state index < -0.39 is 4.92 Å². The molecular formula is C8H6ClN3O2. The first-order chi connectivity index (χ1) is 6.68. The lowest BCUT2D eigenvalue weighted by atomic mass is 10.1. The zero-order valence-corrected chi connectivity index (χ0v) is 7.78. The molecule has 14 heavy (non-hydrogen) atoms. The van der Waals surface area contributed by atoms with Crippen molar-refractivity contribution >= 4 is 29.2 Å². The first-order valence-corrected chi connectivity index (χ1v) is 4.28. The summed E-state index contributed by atoms with van der Waals surface area (Å²) in [6.07, 6.45) is 1.59. The summed E-state index contributed by atoms with van der Waals surface area (Å²) < 4.78 is 0. The first-order valence-electron chi connectivity index (χ1n) is 3.90. The first kappa shape index (κ1) is 8.96. The Kier molecular flexibility index (Phi) is 2.09. The number of nitro benzene ring substituents is 1. The second kappa shape index (κ2) is 3.26. The third kappa shape index (κ3) is 1.42. The lowest BCUT2D eigenvalue weighted by Crippen LogP contribution is -2.08. The molecule has 0 aromatic heterocycles. The molecule has 0 spiro atoms. The average Bonchev–Trinajstić information content (AvgIpc) is 2.16. The summed E-state index contributed by atoms with van der Waals surface area (Å²) in [5.41, 5.74) is 1.36. The van der Waals surface area contributed by atoms with E-state index in [4.69, 9.17) is 11.6 Å². The van der Waals surface area contributed by atoms with Gasteiger partial charge in [-0.3, -0.25) is 15.1 Å². The van der Waals surface area contributed by atoms with Crippen LogP contribution in [0.3, 0.4) is 0 Å². The summed E-state index contributed by atoms with van der Waals surface area (Å²) in [4.78, 5) is 14.0. The standard InChI is InChI=1S/C8H6ClN3O2/c9-6-2-7-5(3-10-4-11-7)1-8(6)12(13)14/h1-3,11H,4H2. The molecule has 0 fully saturated rings. The minimum Gasteiger partial charge on any atom is -0.366 e. The van der Waals surface area contributed by atoms with Gasteiger partial charge >= 0.3 is 0 Å². The van der Waals surface area contributed by atoms with Crippen molar-refractivity contribution in [2.24, 2.45) is 4.99 Å². The number of nitrogens with zero attached hydrogens (tertiary/aromatic N) is 2. The molecule has 1 aliphatic heterocycles. The predicted octanol–water partition coefficient (Wildman–Crippen LogP) is 2.05. The molecule has 0 amide bonds. The number of hydrogen-bond acceptors (Lipinski definition) is 4. The van der Waals surface area contributed by atoms with Crippen LogP contribution in [-0.4, -0.2) is 17.8 Å². The van der Waals surface area contributed by atoms with Gasteiger partial charge in [0.1, 0.15) is 11.7 Å². The Bertz CT molecular complexity index is 431. The van der Waals surface area contributed by atoms with Crippen molar-refractivity contribution in [2.45, 2.75) is 0 Å². The van der Waals surface area contributed by atoms with Crippen molar-refractivity contribution in [2.75, 3.05) is 12.0 Å². The largest absolute Gasteiger partial charge is 0.366 e. The van der Waals surface area contributed by atoms with E-state index in [0.717, 1.165) is 5.69 Å². The van der Waals surface area contributed by atoms with Crippen LogP contribution in [0.4, 0.5) is 11.4 Å². The number of hydrogen-bond donors (Lipinski definition) is 1. The van der Waals surface area contributed by atoms with Crippen LogP contribution < -0.4 is 5.32 Å². The molecule has 1 aromatic carbocycles. The van der Waals surface area contributed by atoms with Gasteiger partial charge in [-0.2, -0.15) is 0 Å². The quantitative estimate of drug-likeness (QED) is 0.571. The monoisotopic (exact) mass is 211 g/mol. The van der Waals surface area contributed by atoms with Crippen LogP contribution in [0.1, 0.15) is 5.56 Å². The summed E-state index contributed by atoms with van der Waals surface area (Å²) in [5, 5.41) is 13.7. The van der Waals surface area contributed by atoms with Crippen molar-refractivity contribution in [3.63, 3.8) is 0 Å². The molecule has 1 heterocycles. The maximum atomic E-state index is 10.6. The van der Waals surface area contributed by atoms with E-state index in [0.29, 0.717) is 12.2 Å². The van der Waals surface area contributed by atoms with Crippen molar-refractivity contribution in [1.29, 1.82) is 0 Å². The van der Waals surface area contributed by atoms with Crippen LogP contribution in [0.15, 0.2) is 17.1 Å². The summed E-state index contributed by atoms with van der Waals surface area (Å²) in [5.74, 6) is 0. The minimum atomic E-state index is -0.509. The Morgan fingerprint density at radius 3 is 3.07 bits per heavy atom. The lowest BCUT2D eigenvalue weighted by molar-refractivity contribution is -0.384. The van der Waals surface area contributed by atoms with Gasteiger partial charge in [0.25, 0.3) is 5.69 Å². The Balaban J connectivity index is 2.58. The van der Waals surface area contributed by atoms with Crippen molar-refractivity contribution in [3.05, 3.63) is 32.8 Å². The second-order valence-corrected chi connectivity index (χ2v) is 3.20. The number of rotatable bonds is 1. The number of benzene rings is 1. The van der Waals surface area contributed by atoms with E-state index in [1.165, 1.54) is 6.07 Å². The fraction of sp³-hybridized carbons (Fsp3) is 0.125. The summed E-state index contributed by atoms with van der Waals surface area (Å²) in [7, 11) is 0. The summed E-state index contributed by atoms with van der Waals surface area (Å²) in [6, 6.07) is 2.95. The van der Waals surface area contributed by atoms with E-state index >= 15 is 0 Å². The molecule has 2 rings (SSSR count). The number of aliphatic imine (C=N–C) groups is 1. The van der Waals surface area contributed by atoms with Crippen molar-refractivity contribution in [3.8, 4) is 0 Å². The van der Waals surface area contributed by atoms with Crippen LogP contribution in [0.5, 0.6) is 0 Å². The molecule has 0 aliphatic carbocycles. The van der Waals surface area contributed by atoms with Gasteiger partial charge in [-0.1, -0.05) is 11.6 Å². The molecule has 72 valence electrons. The fourth-order valence-electron chi connectivity index (χ4n) is 1.25. The number of fused-ring (bicyclic) bond motifs is 1. The molecule has 0 saturated carbocycles. The second-order valence-electron chi connectivity index (χ2n) is 2.79. The van der Waals surface area contributed by atoms with E-state index in [-0.39, 0.29) is 10.7 Å². The molecule has 0 bridgehead atoms. The van der Waals surface area contributed by atoms with Crippen LogP contribution in [0, 0.1) is 10.1 Å². The molecule has 0 saturated heterocycles. The van der Waals surface area contributed by atoms with Crippen LogP contribution in [0.25, 0.3) is 0 Å². The Hall–Kier alpha value is -1.62. The molecule has 1 N–H and O–H groups in total. The predicted molar refractivity (Wildman–Crippen MR) is 54.2 cm³/mol. The molecular weight excluding hydrogens is 206 g/mol. The smallest absolute Gasteiger partial charge is 0.288 e. The molecule has 5 nitrogen and oxygen atoms in total. The average molecular weight is 212 g/mol. The topological polar surface area (TPSA) is 67.5 Å². The van der Waals surface area contributed by atoms with E-state index in [9.17, 15) is 10.1 Å². The number of halogens is 1. The van der Waals surface area contributed by atoms with Gasteiger partial charge in [0.15, 0.2) is 0 Å². The highest BCUT2D eigenvalue weighted by molar-refractivity contribution is 6.33. The van der Waals surface area contributed by atoms with Crippen molar-refractivity contribution < 1.29 is 4.92 Å². The summed E-state index contributed by atoms with van der Waals surface area (Å²) in [6.45, 7) is 0.473. The Labute approximate surface area is 84.6 Å². The molecule has 1 aromatic rings. The molecule has 1 aliphatic rings. The van der Waals surface area contributed by atoms with Gasteiger partial charge in [-0.25, -0.2) is 0 Å². The summed E-state index contributed by atoms with van der Waals surface area (Å²) >= 11 is 5.73. The van der Waals surface area contributed by atoms with Gasteiger partial charge in [0, 0.05) is 23.5 Å². The third-order valence-corrected chi connectivity index (χ3v) is 2.21. The Morgan fingerprint density at radius 2 is 2.36 bits per heavy atom. The number of anilines is 1. The third-order valence-electron chi connectivity index (χ3n) is 1.91. The maximum Gasteiger partial charge on any atom is 0.288 e. The zero-order chi connectivity index (χ0) is 10.1. The zero-order valence-electron chi connectivity index (χ0n) is 7.03. The molecule has 6 heteroatoms. The number of nitrogens with one attached hydrogen (secondary N) is 1. The van der Waals surface area contributed by atoms with Gasteiger partial charge in [0.05, 0.1) is 4.92 Å². The van der Waals surface area contributed by atoms with Crippen molar-refractivity contribution in [1.82, 2.24) is 0 Å². The lowest BCUT2D eigenvalue weighted by Gasteiger charge is -2.12. The SMILES string of the molecule is O=[N+]([O-])c1cc2c(cc1Cl)NCN=C2. The minimum absolute atomic E-state index is 0.0967. The highest BCUT2D eigenvalue weighted by Crippen LogP contribution is 2.30. The van der Waals surface area contributed by atoms with Gasteiger partial charge in [-0.05, 0) is 6.07 Å². The van der Waals surface area contributed by atoms with Crippen LogP contribution in [-0.2, 0) is 0 Å². The van der Waals surface area contributed by atoms with Gasteiger partial charge in [-0.15, -0.1) is 0 Å². The van der Waals surface area contributed by atoms with Gasteiger partial charge in [0.2, 0.25) is 0 Å². The van der Waals surface area contributed by atoms with E-state index in [1.807, 2.05) is 0 Å². The highest BCUT2D eigenvalue weighted by atomic mass is 35.5. The normalized spacial score (nSPS) is 13.2. The fourth-order valence-corrected chi connectivity index (χ4v) is 1.49. The van der Waals surface area contributed by atoms with Crippen LogP contribution in [0.2, 0.25) is 5.02 Å². The molecule has 0 atom stereocenters. The van der Waals surface area contributed by atoms with Gasteiger partial charge < -0.3 is 5.32 Å².